The fraction of sp³-hybridized carbons (Fsp3) is 0.692. The topological polar surface area (TPSA) is 81.2 Å². The molecule has 0 radical (unpaired) electrons. The number of aryl methyl sites for hydroxylation is 1. The van der Waals surface area contributed by atoms with Crippen LogP contribution in [0.1, 0.15) is 37.4 Å². The molecule has 2 rings (SSSR count). The lowest BCUT2D eigenvalue weighted by Crippen LogP contribution is -2.53. The van der Waals surface area contributed by atoms with Gasteiger partial charge < -0.3 is 15.6 Å². The molecule has 1 amide bonds. The zero-order valence-corrected chi connectivity index (χ0v) is 13.3. The molecule has 1 aromatic rings. The molecular weight excluding hydrogens is 301 g/mol. The number of nitrogens with one attached hydrogen (secondary N) is 1. The quantitative estimate of drug-likeness (QED) is 0.841. The summed E-state index contributed by atoms with van der Waals surface area (Å²) in [6.45, 7) is 4.30. The van der Waals surface area contributed by atoms with E-state index in [1.54, 1.807) is 0 Å². The Kier molecular flexibility index (Phi) is 5.86. The Morgan fingerprint density at radius 1 is 1.60 bits per heavy atom. The largest absolute Gasteiger partial charge is 0.349 e. The summed E-state index contributed by atoms with van der Waals surface area (Å²) in [6, 6.07) is 0. The molecule has 0 saturated heterocycles. The Bertz CT molecular complexity index is 455. The SMILES string of the molecule is Cc1noc(Cl)c1CCC(=O)NC(C)(CN)C1CC1.Cl. The molecule has 3 N–H and O–H groups in total. The monoisotopic (exact) mass is 321 g/mol. The molecular formula is C13H21Cl2N3O2. The van der Waals surface area contributed by atoms with Gasteiger partial charge in [0, 0.05) is 18.5 Å². The van der Waals surface area contributed by atoms with Crippen molar-refractivity contribution in [3.63, 3.8) is 0 Å². The van der Waals surface area contributed by atoms with Crippen LogP contribution in [0.5, 0.6) is 0 Å². The van der Waals surface area contributed by atoms with Gasteiger partial charge in [-0.1, -0.05) is 5.16 Å². The van der Waals surface area contributed by atoms with E-state index in [-0.39, 0.29) is 29.1 Å². The summed E-state index contributed by atoms with van der Waals surface area (Å²) in [4.78, 5) is 12.0. The van der Waals surface area contributed by atoms with Gasteiger partial charge in [0.1, 0.15) is 0 Å². The first-order valence-electron chi connectivity index (χ1n) is 6.58. The summed E-state index contributed by atoms with van der Waals surface area (Å²) in [5.74, 6) is 0.513. The van der Waals surface area contributed by atoms with Gasteiger partial charge in [0.2, 0.25) is 11.1 Å². The summed E-state index contributed by atoms with van der Waals surface area (Å²) in [7, 11) is 0. The van der Waals surface area contributed by atoms with E-state index in [4.69, 9.17) is 21.9 Å². The third-order valence-electron chi connectivity index (χ3n) is 3.87. The molecule has 1 fully saturated rings. The van der Waals surface area contributed by atoms with Crippen LogP contribution in [0.3, 0.4) is 0 Å². The predicted molar refractivity (Wildman–Crippen MR) is 80.1 cm³/mol. The van der Waals surface area contributed by atoms with Crippen LogP contribution in [0, 0.1) is 12.8 Å². The van der Waals surface area contributed by atoms with Crippen LogP contribution in [-0.4, -0.2) is 23.1 Å². The van der Waals surface area contributed by atoms with Crippen molar-refractivity contribution in [2.45, 2.75) is 45.1 Å². The van der Waals surface area contributed by atoms with Crippen LogP contribution < -0.4 is 11.1 Å². The summed E-state index contributed by atoms with van der Waals surface area (Å²) in [5.41, 5.74) is 7.04. The lowest BCUT2D eigenvalue weighted by atomic mass is 9.95. The number of amides is 1. The highest BCUT2D eigenvalue weighted by atomic mass is 35.5. The van der Waals surface area contributed by atoms with Crippen LogP contribution in [0.2, 0.25) is 5.22 Å². The molecule has 0 bridgehead atoms. The molecule has 1 aliphatic rings. The third-order valence-corrected chi connectivity index (χ3v) is 4.16. The molecule has 1 aliphatic carbocycles. The van der Waals surface area contributed by atoms with Gasteiger partial charge in [-0.3, -0.25) is 4.79 Å². The van der Waals surface area contributed by atoms with Gasteiger partial charge >= 0.3 is 0 Å². The highest BCUT2D eigenvalue weighted by molar-refractivity contribution is 6.29. The summed E-state index contributed by atoms with van der Waals surface area (Å²) in [6.07, 6.45) is 3.19. The smallest absolute Gasteiger partial charge is 0.229 e. The Hall–Kier alpha value is -0.780. The fourth-order valence-electron chi connectivity index (χ4n) is 2.30. The second-order valence-corrected chi connectivity index (χ2v) is 5.81. The number of halogens is 2. The molecule has 1 heterocycles. The molecule has 1 aromatic heterocycles. The highest BCUT2D eigenvalue weighted by Crippen LogP contribution is 2.39. The van der Waals surface area contributed by atoms with Gasteiger partial charge in [0.15, 0.2) is 0 Å². The van der Waals surface area contributed by atoms with E-state index in [0.29, 0.717) is 25.3 Å². The van der Waals surface area contributed by atoms with E-state index in [2.05, 4.69) is 10.5 Å². The van der Waals surface area contributed by atoms with Crippen molar-refractivity contribution in [3.8, 4) is 0 Å². The van der Waals surface area contributed by atoms with Crippen LogP contribution >= 0.6 is 24.0 Å². The maximum atomic E-state index is 12.0. The molecule has 1 unspecified atom stereocenters. The zero-order chi connectivity index (χ0) is 14.0. The minimum atomic E-state index is -0.273. The van der Waals surface area contributed by atoms with Crippen molar-refractivity contribution in [2.75, 3.05) is 6.54 Å². The Morgan fingerprint density at radius 2 is 2.25 bits per heavy atom. The number of nitrogens with two attached hydrogens (primary N) is 1. The molecule has 20 heavy (non-hydrogen) atoms. The third kappa shape index (κ3) is 3.87. The van der Waals surface area contributed by atoms with Crippen molar-refractivity contribution in [3.05, 3.63) is 16.5 Å². The van der Waals surface area contributed by atoms with Crippen LogP contribution in [0.25, 0.3) is 0 Å². The second kappa shape index (κ2) is 6.78. The average Bonchev–Trinajstić information content (AvgIpc) is 3.16. The van der Waals surface area contributed by atoms with E-state index in [9.17, 15) is 4.79 Å². The molecule has 0 aromatic carbocycles. The normalized spacial score (nSPS) is 17.2. The maximum Gasteiger partial charge on any atom is 0.229 e. The first-order chi connectivity index (χ1) is 8.96. The number of hydrogen-bond acceptors (Lipinski definition) is 4. The van der Waals surface area contributed by atoms with E-state index in [0.717, 1.165) is 24.1 Å². The van der Waals surface area contributed by atoms with Crippen molar-refractivity contribution < 1.29 is 9.32 Å². The van der Waals surface area contributed by atoms with Crippen molar-refractivity contribution in [1.29, 1.82) is 0 Å². The number of hydrogen-bond donors (Lipinski definition) is 2. The Morgan fingerprint density at radius 3 is 2.70 bits per heavy atom. The second-order valence-electron chi connectivity index (χ2n) is 5.46. The maximum absolute atomic E-state index is 12.0. The van der Waals surface area contributed by atoms with Gasteiger partial charge in [0.25, 0.3) is 0 Å². The van der Waals surface area contributed by atoms with Crippen molar-refractivity contribution in [2.24, 2.45) is 11.7 Å². The molecule has 1 atom stereocenters. The van der Waals surface area contributed by atoms with Crippen molar-refractivity contribution >= 4 is 29.9 Å². The zero-order valence-electron chi connectivity index (χ0n) is 11.7. The molecule has 7 heteroatoms. The number of rotatable bonds is 6. The Balaban J connectivity index is 0.00000200. The summed E-state index contributed by atoms with van der Waals surface area (Å²) >= 11 is 5.87. The van der Waals surface area contributed by atoms with E-state index in [1.165, 1.54) is 0 Å². The lowest BCUT2D eigenvalue weighted by molar-refractivity contribution is -0.123. The summed E-state index contributed by atoms with van der Waals surface area (Å²) in [5, 5.41) is 7.09. The van der Waals surface area contributed by atoms with E-state index in [1.807, 2.05) is 13.8 Å². The fourth-order valence-corrected chi connectivity index (χ4v) is 2.57. The number of carbonyl (C=O) groups excluding carboxylic acids is 1. The number of nitrogens with zero attached hydrogens (tertiary/aromatic N) is 1. The average molecular weight is 322 g/mol. The molecule has 1 saturated carbocycles. The number of aromatic nitrogens is 1. The van der Waals surface area contributed by atoms with E-state index < -0.39 is 0 Å². The van der Waals surface area contributed by atoms with Gasteiger partial charge in [-0.05, 0) is 50.6 Å². The molecule has 114 valence electrons. The van der Waals surface area contributed by atoms with Crippen molar-refractivity contribution in [1.82, 2.24) is 10.5 Å². The van der Waals surface area contributed by atoms with Crippen LogP contribution in [-0.2, 0) is 11.2 Å². The standard InChI is InChI=1S/C13H20ClN3O2.ClH/c1-8-10(12(14)19-17-8)5-6-11(18)16-13(2,7-15)9-3-4-9;/h9H,3-7,15H2,1-2H3,(H,16,18);1H. The molecule has 0 spiro atoms. The minimum Gasteiger partial charge on any atom is -0.349 e. The first-order valence-corrected chi connectivity index (χ1v) is 6.96. The summed E-state index contributed by atoms with van der Waals surface area (Å²) < 4.78 is 4.86. The van der Waals surface area contributed by atoms with Gasteiger partial charge in [-0.15, -0.1) is 12.4 Å². The Labute approximate surface area is 130 Å². The molecule has 5 nitrogen and oxygen atoms in total. The predicted octanol–water partition coefficient (Wildman–Crippen LogP) is 2.23. The van der Waals surface area contributed by atoms with E-state index >= 15 is 0 Å². The molecule has 0 aliphatic heterocycles. The van der Waals surface area contributed by atoms with Gasteiger partial charge in [-0.2, -0.15) is 0 Å². The number of carbonyl (C=O) groups is 1. The highest BCUT2D eigenvalue weighted by Gasteiger charge is 2.41. The van der Waals surface area contributed by atoms with Crippen LogP contribution in [0.15, 0.2) is 4.52 Å². The van der Waals surface area contributed by atoms with Gasteiger partial charge in [0.05, 0.1) is 11.2 Å². The van der Waals surface area contributed by atoms with Crippen LogP contribution in [0.4, 0.5) is 0 Å². The first kappa shape index (κ1) is 17.3. The lowest BCUT2D eigenvalue weighted by Gasteiger charge is -2.29. The van der Waals surface area contributed by atoms with Gasteiger partial charge in [-0.25, -0.2) is 0 Å². The minimum absolute atomic E-state index is 0.